The number of para-hydroxylation sites is 1. The van der Waals surface area contributed by atoms with Crippen LogP contribution in [0.5, 0.6) is 0 Å². The van der Waals surface area contributed by atoms with Crippen molar-refractivity contribution in [3.63, 3.8) is 0 Å². The Morgan fingerprint density at radius 2 is 1.82 bits per heavy atom. The summed E-state index contributed by atoms with van der Waals surface area (Å²) in [6.45, 7) is 5.91. The molecule has 0 saturated carbocycles. The summed E-state index contributed by atoms with van der Waals surface area (Å²) in [5.41, 5.74) is 5.14. The summed E-state index contributed by atoms with van der Waals surface area (Å²) in [7, 11) is 0. The number of amides is 1. The van der Waals surface area contributed by atoms with Gasteiger partial charge in [-0.1, -0.05) is 29.5 Å². The summed E-state index contributed by atoms with van der Waals surface area (Å²) in [6, 6.07) is 15.3. The van der Waals surface area contributed by atoms with Crippen LogP contribution in [0, 0.1) is 20.8 Å². The summed E-state index contributed by atoms with van der Waals surface area (Å²) >= 11 is 1.12. The molecule has 0 spiro atoms. The van der Waals surface area contributed by atoms with Gasteiger partial charge in [0.05, 0.1) is 11.4 Å². The van der Waals surface area contributed by atoms with Gasteiger partial charge in [-0.3, -0.25) is 10.1 Å². The molecular formula is C20H18N6OS. The third kappa shape index (κ3) is 3.41. The van der Waals surface area contributed by atoms with Gasteiger partial charge in [0.1, 0.15) is 0 Å². The topological polar surface area (TPSA) is 85.6 Å². The fourth-order valence-corrected chi connectivity index (χ4v) is 3.34. The predicted molar refractivity (Wildman–Crippen MR) is 109 cm³/mol. The highest BCUT2D eigenvalue weighted by atomic mass is 32.1. The minimum absolute atomic E-state index is 0.213. The number of aryl methyl sites for hydroxylation is 2. The van der Waals surface area contributed by atoms with Crippen molar-refractivity contribution in [2.24, 2.45) is 0 Å². The van der Waals surface area contributed by atoms with Gasteiger partial charge >= 0.3 is 0 Å². The highest BCUT2D eigenvalue weighted by Crippen LogP contribution is 2.24. The van der Waals surface area contributed by atoms with E-state index in [4.69, 9.17) is 0 Å². The van der Waals surface area contributed by atoms with E-state index in [0.717, 1.165) is 34.0 Å². The molecule has 8 heteroatoms. The maximum absolute atomic E-state index is 12.5. The van der Waals surface area contributed by atoms with E-state index in [1.807, 2.05) is 63.2 Å². The van der Waals surface area contributed by atoms with Crippen molar-refractivity contribution in [2.75, 3.05) is 5.32 Å². The Hall–Kier alpha value is -3.39. The molecule has 0 unspecified atom stereocenters. The monoisotopic (exact) mass is 390 g/mol. The fraction of sp³-hybridized carbons (Fsp3) is 0.150. The van der Waals surface area contributed by atoms with Gasteiger partial charge in [-0.25, -0.2) is 4.68 Å². The molecule has 28 heavy (non-hydrogen) atoms. The first-order chi connectivity index (χ1) is 13.5. The number of hydrogen-bond donors (Lipinski definition) is 1. The van der Waals surface area contributed by atoms with Crippen molar-refractivity contribution in [1.82, 2.24) is 24.4 Å². The van der Waals surface area contributed by atoms with Gasteiger partial charge in [-0.15, -0.1) is 5.10 Å². The first kappa shape index (κ1) is 18.0. The van der Waals surface area contributed by atoms with Crippen LogP contribution in [-0.2, 0) is 0 Å². The quantitative estimate of drug-likeness (QED) is 0.570. The maximum Gasteiger partial charge on any atom is 0.257 e. The molecule has 140 valence electrons. The van der Waals surface area contributed by atoms with Gasteiger partial charge in [0, 0.05) is 17.1 Å². The Labute approximate surface area is 166 Å². The van der Waals surface area contributed by atoms with Crippen molar-refractivity contribution < 1.29 is 4.79 Å². The molecule has 0 aliphatic heterocycles. The third-order valence-electron chi connectivity index (χ3n) is 4.52. The molecule has 0 bridgehead atoms. The zero-order chi connectivity index (χ0) is 19.7. The van der Waals surface area contributed by atoms with Crippen LogP contribution in [0.4, 0.5) is 5.13 Å². The lowest BCUT2D eigenvalue weighted by atomic mass is 10.1. The number of aromatic nitrogens is 5. The number of rotatable bonds is 4. The number of carbonyl (C=O) groups excluding carboxylic acids is 1. The molecule has 0 radical (unpaired) electrons. The Morgan fingerprint density at radius 3 is 2.57 bits per heavy atom. The lowest BCUT2D eigenvalue weighted by molar-refractivity contribution is 0.102. The number of anilines is 1. The summed E-state index contributed by atoms with van der Waals surface area (Å²) in [4.78, 5) is 16.9. The third-order valence-corrected chi connectivity index (χ3v) is 5.15. The lowest BCUT2D eigenvalue weighted by Crippen LogP contribution is -2.12. The first-order valence-electron chi connectivity index (χ1n) is 8.73. The van der Waals surface area contributed by atoms with E-state index in [2.05, 4.69) is 25.0 Å². The van der Waals surface area contributed by atoms with Gasteiger partial charge in [0.2, 0.25) is 5.13 Å². The zero-order valence-electron chi connectivity index (χ0n) is 15.7. The van der Waals surface area contributed by atoms with Gasteiger partial charge in [-0.05, 0) is 56.2 Å². The molecule has 2 aromatic heterocycles. The molecule has 1 amide bonds. The van der Waals surface area contributed by atoms with Crippen molar-refractivity contribution in [2.45, 2.75) is 20.8 Å². The molecule has 2 aromatic carbocycles. The molecule has 1 N–H and O–H groups in total. The van der Waals surface area contributed by atoms with Gasteiger partial charge in [0.15, 0.2) is 11.5 Å². The van der Waals surface area contributed by atoms with E-state index in [1.54, 1.807) is 10.7 Å². The zero-order valence-corrected chi connectivity index (χ0v) is 16.5. The van der Waals surface area contributed by atoms with Gasteiger partial charge in [-0.2, -0.15) is 9.36 Å². The Balaban J connectivity index is 1.56. The number of benzene rings is 2. The van der Waals surface area contributed by atoms with Crippen molar-refractivity contribution in [3.8, 4) is 17.2 Å². The molecule has 0 saturated heterocycles. The van der Waals surface area contributed by atoms with Crippen LogP contribution in [0.15, 0.2) is 48.5 Å². The Morgan fingerprint density at radius 1 is 1.04 bits per heavy atom. The molecule has 0 fully saturated rings. The van der Waals surface area contributed by atoms with E-state index >= 15 is 0 Å². The molecule has 4 aromatic rings. The van der Waals surface area contributed by atoms with Crippen molar-refractivity contribution in [3.05, 3.63) is 70.9 Å². The number of hydrogen-bond acceptors (Lipinski definition) is 6. The highest BCUT2D eigenvalue weighted by molar-refractivity contribution is 7.10. The van der Waals surface area contributed by atoms with Crippen molar-refractivity contribution in [1.29, 1.82) is 0 Å². The Bertz CT molecular complexity index is 1150. The van der Waals surface area contributed by atoms with E-state index in [0.29, 0.717) is 22.2 Å². The number of nitrogens with zero attached hydrogens (tertiary/aromatic N) is 5. The van der Waals surface area contributed by atoms with Crippen LogP contribution < -0.4 is 5.32 Å². The van der Waals surface area contributed by atoms with Gasteiger partial charge in [0.25, 0.3) is 5.91 Å². The summed E-state index contributed by atoms with van der Waals surface area (Å²) < 4.78 is 6.07. The number of carbonyl (C=O) groups is 1. The Kier molecular flexibility index (Phi) is 4.70. The average molecular weight is 390 g/mol. The van der Waals surface area contributed by atoms with E-state index in [1.165, 1.54) is 0 Å². The normalized spacial score (nSPS) is 10.8. The molecule has 0 aliphatic carbocycles. The molecular weight excluding hydrogens is 372 g/mol. The second-order valence-electron chi connectivity index (χ2n) is 6.45. The second-order valence-corrected chi connectivity index (χ2v) is 7.20. The second kappa shape index (κ2) is 7.32. The average Bonchev–Trinajstić information content (AvgIpc) is 3.31. The minimum atomic E-state index is -0.213. The van der Waals surface area contributed by atoms with Gasteiger partial charge < -0.3 is 0 Å². The van der Waals surface area contributed by atoms with Crippen molar-refractivity contribution >= 4 is 22.6 Å². The summed E-state index contributed by atoms with van der Waals surface area (Å²) in [6.07, 6.45) is 0. The van der Waals surface area contributed by atoms with E-state index in [9.17, 15) is 4.79 Å². The molecule has 4 rings (SSSR count). The minimum Gasteiger partial charge on any atom is -0.297 e. The van der Waals surface area contributed by atoms with Crippen LogP contribution >= 0.6 is 11.5 Å². The SMILES string of the molecule is Cc1ccc(C(=O)Nc2nc(-c3nnn(-c4ccccc4)c3C)ns2)cc1C. The molecule has 0 atom stereocenters. The van der Waals surface area contributed by atoms with E-state index in [-0.39, 0.29) is 5.91 Å². The summed E-state index contributed by atoms with van der Waals surface area (Å²) in [5, 5.41) is 11.6. The number of nitrogens with one attached hydrogen (secondary N) is 1. The molecule has 0 aliphatic rings. The van der Waals surface area contributed by atoms with Crippen LogP contribution in [0.25, 0.3) is 17.2 Å². The van der Waals surface area contributed by atoms with Crippen LogP contribution in [0.1, 0.15) is 27.2 Å². The smallest absolute Gasteiger partial charge is 0.257 e. The predicted octanol–water partition coefficient (Wildman–Crippen LogP) is 3.96. The van der Waals surface area contributed by atoms with Crippen LogP contribution in [0.3, 0.4) is 0 Å². The first-order valence-corrected chi connectivity index (χ1v) is 9.50. The molecule has 7 nitrogen and oxygen atoms in total. The highest BCUT2D eigenvalue weighted by Gasteiger charge is 2.18. The van der Waals surface area contributed by atoms with E-state index < -0.39 is 0 Å². The van der Waals surface area contributed by atoms with Crippen LogP contribution in [-0.4, -0.2) is 30.3 Å². The fourth-order valence-electron chi connectivity index (χ4n) is 2.77. The summed E-state index contributed by atoms with van der Waals surface area (Å²) in [5.74, 6) is 0.232. The van der Waals surface area contributed by atoms with Crippen LogP contribution in [0.2, 0.25) is 0 Å². The molecule has 2 heterocycles. The maximum atomic E-state index is 12.5. The lowest BCUT2D eigenvalue weighted by Gasteiger charge is -2.04. The standard InChI is InChI=1S/C20H18N6OS/c1-12-9-10-15(11-13(12)2)19(27)22-20-21-18(24-28-20)17-14(3)26(25-23-17)16-7-5-4-6-8-16/h4-11H,1-3H3,(H,21,22,24,27). The largest absolute Gasteiger partial charge is 0.297 e.